The van der Waals surface area contributed by atoms with Gasteiger partial charge in [-0.1, -0.05) is 30.1 Å². The Bertz CT molecular complexity index is 548. The van der Waals surface area contributed by atoms with Crippen LogP contribution in [0.15, 0.2) is 18.2 Å². The summed E-state index contributed by atoms with van der Waals surface area (Å²) in [5, 5.41) is 3.35. The fourth-order valence-corrected chi connectivity index (χ4v) is 2.93. The maximum atomic E-state index is 12.3. The Hall–Kier alpha value is -1.26. The second-order valence-electron chi connectivity index (χ2n) is 5.13. The number of nitrogens with one attached hydrogen (secondary N) is 1. The zero-order valence-corrected chi connectivity index (χ0v) is 13.4. The van der Waals surface area contributed by atoms with Gasteiger partial charge in [-0.2, -0.15) is 0 Å². The Morgan fingerprint density at radius 1 is 1.33 bits per heavy atom. The molecule has 2 amide bonds. The maximum absolute atomic E-state index is 12.3. The zero-order chi connectivity index (χ0) is 15.4. The summed E-state index contributed by atoms with van der Waals surface area (Å²) in [6.07, 6.45) is 3.85. The van der Waals surface area contributed by atoms with E-state index < -0.39 is 11.8 Å². The van der Waals surface area contributed by atoms with Gasteiger partial charge in [0.25, 0.3) is 0 Å². The van der Waals surface area contributed by atoms with Crippen molar-refractivity contribution < 1.29 is 9.59 Å². The molecule has 0 aromatic heterocycles. The largest absolute Gasteiger partial charge is 0.331 e. The van der Waals surface area contributed by atoms with Gasteiger partial charge in [-0.3, -0.25) is 9.59 Å². The first-order valence-electron chi connectivity index (χ1n) is 7.10. The average molecular weight is 329 g/mol. The number of carbonyl (C=O) groups is 2. The molecule has 0 saturated carbocycles. The molecule has 6 heteroatoms. The predicted octanol–water partition coefficient (Wildman–Crippen LogP) is 3.72. The van der Waals surface area contributed by atoms with Gasteiger partial charge >= 0.3 is 11.8 Å². The van der Waals surface area contributed by atoms with E-state index in [-0.39, 0.29) is 6.04 Å². The van der Waals surface area contributed by atoms with Crippen molar-refractivity contribution in [3.05, 3.63) is 28.2 Å². The molecule has 1 N–H and O–H groups in total. The van der Waals surface area contributed by atoms with Crippen LogP contribution in [0.2, 0.25) is 10.0 Å². The van der Waals surface area contributed by atoms with E-state index >= 15 is 0 Å². The molecule has 114 valence electrons. The van der Waals surface area contributed by atoms with Gasteiger partial charge in [0, 0.05) is 17.6 Å². The van der Waals surface area contributed by atoms with Crippen molar-refractivity contribution in [2.24, 2.45) is 0 Å². The molecule has 0 aliphatic carbocycles. The number of anilines is 1. The van der Waals surface area contributed by atoms with Gasteiger partial charge in [0.1, 0.15) is 0 Å². The molecule has 1 unspecified atom stereocenters. The molecule has 4 nitrogen and oxygen atoms in total. The fourth-order valence-electron chi connectivity index (χ4n) is 2.59. The monoisotopic (exact) mass is 328 g/mol. The lowest BCUT2D eigenvalue weighted by Gasteiger charge is -2.34. The number of halogens is 2. The number of piperidine rings is 1. The van der Waals surface area contributed by atoms with Crippen molar-refractivity contribution in [2.45, 2.75) is 38.6 Å². The minimum atomic E-state index is -0.667. The normalized spacial score (nSPS) is 18.4. The molecule has 1 atom stereocenters. The first-order valence-corrected chi connectivity index (χ1v) is 7.85. The summed E-state index contributed by atoms with van der Waals surface area (Å²) in [4.78, 5) is 26.1. The molecular weight excluding hydrogens is 311 g/mol. The van der Waals surface area contributed by atoms with Crippen LogP contribution in [0.1, 0.15) is 32.6 Å². The zero-order valence-electron chi connectivity index (χ0n) is 11.9. The first kappa shape index (κ1) is 16.1. The van der Waals surface area contributed by atoms with Gasteiger partial charge in [0.15, 0.2) is 0 Å². The molecule has 1 saturated heterocycles. The Morgan fingerprint density at radius 3 is 2.81 bits per heavy atom. The highest BCUT2D eigenvalue weighted by molar-refractivity contribution is 6.42. The number of nitrogens with zero attached hydrogens (tertiary/aromatic N) is 1. The third-order valence-corrected chi connectivity index (χ3v) is 4.29. The average Bonchev–Trinajstić information content (AvgIpc) is 2.50. The Kier molecular flexibility index (Phi) is 5.48. The van der Waals surface area contributed by atoms with Crippen molar-refractivity contribution in [3.63, 3.8) is 0 Å². The first-order chi connectivity index (χ1) is 10.0. The van der Waals surface area contributed by atoms with Crippen molar-refractivity contribution in [1.29, 1.82) is 0 Å². The summed E-state index contributed by atoms with van der Waals surface area (Å²) >= 11 is 11.9. The standard InChI is InChI=1S/C15H18Cl2N2O2/c1-2-11-5-3-4-8-19(11)15(21)14(20)18-13-9-10(16)6-7-12(13)17/h6-7,9,11H,2-5,8H2,1H3,(H,18,20). The molecule has 0 bridgehead atoms. The molecule has 1 heterocycles. The second-order valence-corrected chi connectivity index (χ2v) is 5.98. The van der Waals surface area contributed by atoms with Gasteiger partial charge in [-0.15, -0.1) is 0 Å². The van der Waals surface area contributed by atoms with Crippen LogP contribution in [-0.2, 0) is 9.59 Å². The number of rotatable bonds is 2. The lowest BCUT2D eigenvalue weighted by molar-refractivity contribution is -0.145. The number of amides is 2. The van der Waals surface area contributed by atoms with E-state index in [1.165, 1.54) is 6.07 Å². The van der Waals surface area contributed by atoms with E-state index in [0.29, 0.717) is 22.3 Å². The minimum absolute atomic E-state index is 0.145. The molecule has 1 aromatic rings. The van der Waals surface area contributed by atoms with Crippen molar-refractivity contribution >= 4 is 40.7 Å². The number of benzene rings is 1. The molecule has 1 aliphatic heterocycles. The molecule has 0 radical (unpaired) electrons. The van der Waals surface area contributed by atoms with Crippen LogP contribution in [0.5, 0.6) is 0 Å². The fraction of sp³-hybridized carbons (Fsp3) is 0.467. The summed E-state index contributed by atoms with van der Waals surface area (Å²) in [5.41, 5.74) is 0.354. The van der Waals surface area contributed by atoms with Crippen molar-refractivity contribution in [3.8, 4) is 0 Å². The minimum Gasteiger partial charge on any atom is -0.331 e. The number of hydrogen-bond acceptors (Lipinski definition) is 2. The van der Waals surface area contributed by atoms with Crippen LogP contribution < -0.4 is 5.32 Å². The topological polar surface area (TPSA) is 49.4 Å². The van der Waals surface area contributed by atoms with Crippen molar-refractivity contribution in [2.75, 3.05) is 11.9 Å². The van der Waals surface area contributed by atoms with Gasteiger partial charge in [0.2, 0.25) is 0 Å². The molecule has 0 spiro atoms. The van der Waals surface area contributed by atoms with E-state index in [0.717, 1.165) is 25.7 Å². The van der Waals surface area contributed by atoms with Gasteiger partial charge in [-0.05, 0) is 43.9 Å². The maximum Gasteiger partial charge on any atom is 0.313 e. The SMILES string of the molecule is CCC1CCCCN1C(=O)C(=O)Nc1cc(Cl)ccc1Cl. The Morgan fingerprint density at radius 2 is 2.10 bits per heavy atom. The molecule has 1 aromatic carbocycles. The van der Waals surface area contributed by atoms with Crippen molar-refractivity contribution in [1.82, 2.24) is 4.90 Å². The van der Waals surface area contributed by atoms with E-state index in [2.05, 4.69) is 5.32 Å². The highest BCUT2D eigenvalue weighted by Crippen LogP contribution is 2.26. The van der Waals surface area contributed by atoms with Crippen LogP contribution in [0.25, 0.3) is 0 Å². The summed E-state index contributed by atoms with van der Waals surface area (Å²) < 4.78 is 0. The van der Waals surface area contributed by atoms with Crippen LogP contribution in [0, 0.1) is 0 Å². The van der Waals surface area contributed by atoms with Crippen LogP contribution >= 0.6 is 23.2 Å². The Labute approximate surface area is 134 Å². The highest BCUT2D eigenvalue weighted by atomic mass is 35.5. The summed E-state index contributed by atoms with van der Waals surface area (Å²) in [7, 11) is 0. The summed E-state index contributed by atoms with van der Waals surface area (Å²) in [6.45, 7) is 2.66. The second kappa shape index (κ2) is 7.14. The van der Waals surface area contributed by atoms with Crippen LogP contribution in [0.3, 0.4) is 0 Å². The molecular formula is C15H18Cl2N2O2. The van der Waals surface area contributed by atoms with Gasteiger partial charge in [-0.25, -0.2) is 0 Å². The van der Waals surface area contributed by atoms with Gasteiger partial charge < -0.3 is 10.2 Å². The van der Waals surface area contributed by atoms with Crippen LogP contribution in [-0.4, -0.2) is 29.3 Å². The third kappa shape index (κ3) is 3.89. The van der Waals surface area contributed by atoms with E-state index in [9.17, 15) is 9.59 Å². The Balaban J connectivity index is 2.08. The van der Waals surface area contributed by atoms with E-state index in [4.69, 9.17) is 23.2 Å². The number of hydrogen-bond donors (Lipinski definition) is 1. The smallest absolute Gasteiger partial charge is 0.313 e. The third-order valence-electron chi connectivity index (χ3n) is 3.73. The highest BCUT2D eigenvalue weighted by Gasteiger charge is 2.29. The van der Waals surface area contributed by atoms with Crippen LogP contribution in [0.4, 0.5) is 5.69 Å². The predicted molar refractivity (Wildman–Crippen MR) is 84.7 cm³/mol. The molecule has 2 rings (SSSR count). The summed E-state index contributed by atoms with van der Waals surface area (Å²) in [5.74, 6) is -1.17. The van der Waals surface area contributed by atoms with E-state index in [1.807, 2.05) is 6.92 Å². The lowest BCUT2D eigenvalue weighted by Crippen LogP contribution is -2.48. The van der Waals surface area contributed by atoms with Gasteiger partial charge in [0.05, 0.1) is 10.7 Å². The number of likely N-dealkylation sites (tertiary alicyclic amines) is 1. The molecule has 1 fully saturated rings. The molecule has 1 aliphatic rings. The van der Waals surface area contributed by atoms with E-state index in [1.54, 1.807) is 17.0 Å². The molecule has 21 heavy (non-hydrogen) atoms. The quantitative estimate of drug-likeness (QED) is 0.841. The lowest BCUT2D eigenvalue weighted by atomic mass is 10.00. The number of carbonyl (C=O) groups excluding carboxylic acids is 2. The summed E-state index contributed by atoms with van der Waals surface area (Å²) in [6, 6.07) is 4.88.